The molecule has 0 amide bonds. The van der Waals surface area contributed by atoms with Crippen LogP contribution in [0.1, 0.15) is 125 Å². The lowest BCUT2D eigenvalue weighted by atomic mass is 9.34. The number of fused-ring (bicyclic) bond motifs is 7. The number of carbonyl (C=O) groups excluding carboxylic acids is 2. The second-order valence-corrected chi connectivity index (χ2v) is 19.4. The molecule has 5 aliphatic rings. The second-order valence-electron chi connectivity index (χ2n) is 19.0. The Hall–Kier alpha value is -2.22. The third kappa shape index (κ3) is 6.23. The molecule has 10 atom stereocenters. The van der Waals surface area contributed by atoms with Crippen molar-refractivity contribution in [2.75, 3.05) is 6.54 Å². The molecule has 7 nitrogen and oxygen atoms in total. The lowest BCUT2D eigenvalue weighted by Gasteiger charge is -2.71. The quantitative estimate of drug-likeness (QED) is 0.207. The third-order valence-corrected chi connectivity index (χ3v) is 15.9. The highest BCUT2D eigenvalue weighted by Crippen LogP contribution is 2.76. The van der Waals surface area contributed by atoms with Crippen molar-refractivity contribution in [3.63, 3.8) is 0 Å². The van der Waals surface area contributed by atoms with Gasteiger partial charge in [-0.25, -0.2) is 0 Å². The monoisotopic (exact) mass is 723 g/mol. The maximum atomic E-state index is 14.0. The summed E-state index contributed by atoms with van der Waals surface area (Å²) in [7, 11) is 0. The van der Waals surface area contributed by atoms with Crippen molar-refractivity contribution >= 4 is 29.3 Å². The van der Waals surface area contributed by atoms with E-state index in [4.69, 9.17) is 16.3 Å². The van der Waals surface area contributed by atoms with E-state index in [-0.39, 0.29) is 52.3 Å². The first-order valence-corrected chi connectivity index (χ1v) is 20.0. The Balaban J connectivity index is 1.24. The molecule has 5 aliphatic carbocycles. The van der Waals surface area contributed by atoms with Gasteiger partial charge in [0.05, 0.1) is 17.9 Å². The van der Waals surface area contributed by atoms with E-state index in [1.807, 2.05) is 24.3 Å². The van der Waals surface area contributed by atoms with Crippen LogP contribution >= 0.6 is 11.6 Å². The molecule has 0 spiro atoms. The molecular weight excluding hydrogens is 662 g/mol. The second kappa shape index (κ2) is 13.6. The van der Waals surface area contributed by atoms with Crippen LogP contribution in [-0.4, -0.2) is 46.7 Å². The summed E-state index contributed by atoms with van der Waals surface area (Å²) in [5, 5.41) is 25.9. The zero-order valence-corrected chi connectivity index (χ0v) is 33.0. The van der Waals surface area contributed by atoms with Crippen molar-refractivity contribution in [2.24, 2.45) is 56.7 Å². The maximum Gasteiger partial charge on any atom is 0.309 e. The van der Waals surface area contributed by atoms with Crippen LogP contribution in [0.15, 0.2) is 35.4 Å². The molecule has 0 unspecified atom stereocenters. The van der Waals surface area contributed by atoms with E-state index in [1.165, 1.54) is 5.57 Å². The predicted molar refractivity (Wildman–Crippen MR) is 200 cm³/mol. The molecule has 1 aromatic carbocycles. The van der Waals surface area contributed by atoms with Gasteiger partial charge in [-0.15, -0.1) is 0 Å². The molecule has 4 saturated carbocycles. The van der Waals surface area contributed by atoms with Gasteiger partial charge in [0, 0.05) is 29.9 Å². The maximum absolute atomic E-state index is 14.0. The Bertz CT molecular complexity index is 1590. The van der Waals surface area contributed by atoms with E-state index in [9.17, 15) is 24.6 Å². The highest BCUT2D eigenvalue weighted by molar-refractivity contribution is 6.30. The number of ketones is 1. The van der Waals surface area contributed by atoms with Gasteiger partial charge in [0.15, 0.2) is 5.78 Å². The SMILES string of the molecule is CC(C)C1=C2[C@H]3CC[C@@H]4[C@@]5(C)CC[C@H](OC(=O)CC(C)(C)C(=O)O)[C@H](C)[C@@H]5CC[C@@]4(C)[C@]3(C)CC[C@@]2([C@@H](O)CNCc2cccc(Cl)c2)CC1=O. The van der Waals surface area contributed by atoms with Crippen LogP contribution in [0.2, 0.25) is 5.02 Å². The number of carboxylic acids is 1. The molecular formula is C43H62ClNO6. The fraction of sp³-hybridized carbons (Fsp3) is 0.744. The summed E-state index contributed by atoms with van der Waals surface area (Å²) in [6.07, 6.45) is 7.32. The van der Waals surface area contributed by atoms with Crippen molar-refractivity contribution < 1.29 is 29.3 Å². The lowest BCUT2D eigenvalue weighted by Crippen LogP contribution is -2.65. The van der Waals surface area contributed by atoms with Crippen molar-refractivity contribution in [2.45, 2.75) is 138 Å². The fourth-order valence-electron chi connectivity index (χ4n) is 12.7. The highest BCUT2D eigenvalue weighted by Gasteiger charge is 2.69. The van der Waals surface area contributed by atoms with Crippen LogP contribution < -0.4 is 5.32 Å². The van der Waals surface area contributed by atoms with Crippen molar-refractivity contribution in [3.05, 3.63) is 46.0 Å². The molecule has 3 N–H and O–H groups in total. The minimum Gasteiger partial charge on any atom is -0.481 e. The summed E-state index contributed by atoms with van der Waals surface area (Å²) < 4.78 is 6.06. The van der Waals surface area contributed by atoms with Crippen LogP contribution in [0.25, 0.3) is 0 Å². The number of aliphatic hydroxyl groups is 1. The molecule has 4 fully saturated rings. The van der Waals surface area contributed by atoms with Gasteiger partial charge in [0.25, 0.3) is 0 Å². The number of carbonyl (C=O) groups is 3. The zero-order valence-electron chi connectivity index (χ0n) is 32.2. The summed E-state index contributed by atoms with van der Waals surface area (Å²) in [5.41, 5.74) is 1.83. The van der Waals surface area contributed by atoms with Gasteiger partial charge in [-0.05, 0) is 134 Å². The van der Waals surface area contributed by atoms with E-state index in [0.717, 1.165) is 62.5 Å². The molecule has 1 aromatic rings. The number of allylic oxidation sites excluding steroid dienone is 1. The van der Waals surface area contributed by atoms with Crippen molar-refractivity contribution in [3.8, 4) is 0 Å². The van der Waals surface area contributed by atoms with E-state index < -0.39 is 28.9 Å². The fourth-order valence-corrected chi connectivity index (χ4v) is 12.9. The lowest BCUT2D eigenvalue weighted by molar-refractivity contribution is -0.218. The number of Topliss-reactive ketones (excluding diaryl/α,β-unsaturated/α-hetero) is 1. The number of ether oxygens (including phenoxy) is 1. The Kier molecular flexibility index (Phi) is 10.2. The van der Waals surface area contributed by atoms with Crippen LogP contribution in [0.5, 0.6) is 0 Å². The first-order valence-electron chi connectivity index (χ1n) is 19.6. The Labute approximate surface area is 310 Å². The van der Waals surface area contributed by atoms with Crippen LogP contribution in [0.4, 0.5) is 0 Å². The number of hydrogen-bond donors (Lipinski definition) is 3. The molecule has 0 heterocycles. The molecule has 0 saturated heterocycles. The molecule has 8 heteroatoms. The first-order chi connectivity index (χ1) is 23.8. The number of benzene rings is 1. The largest absolute Gasteiger partial charge is 0.481 e. The molecule has 6 rings (SSSR count). The van der Waals surface area contributed by atoms with E-state index in [0.29, 0.717) is 36.4 Å². The van der Waals surface area contributed by atoms with Crippen LogP contribution in [0, 0.1) is 56.7 Å². The number of halogens is 1. The first kappa shape index (κ1) is 38.5. The highest BCUT2D eigenvalue weighted by atomic mass is 35.5. The minimum absolute atomic E-state index is 0.00358. The van der Waals surface area contributed by atoms with Gasteiger partial charge >= 0.3 is 11.9 Å². The van der Waals surface area contributed by atoms with Crippen LogP contribution in [0.3, 0.4) is 0 Å². The molecule has 0 aromatic heterocycles. The number of rotatable bonds is 10. The van der Waals surface area contributed by atoms with Crippen molar-refractivity contribution in [1.29, 1.82) is 0 Å². The summed E-state index contributed by atoms with van der Waals surface area (Å²) >= 11 is 6.23. The Morgan fingerprint density at radius 3 is 2.43 bits per heavy atom. The molecule has 0 aliphatic heterocycles. The number of aliphatic hydroxyl groups excluding tert-OH is 1. The summed E-state index contributed by atoms with van der Waals surface area (Å²) in [5.74, 6) is 0.326. The standard InChI is InChI=1S/C43H62ClNO6/c1-25(2)36-31(46)21-43(34(47)24-45-23-27-10-9-11-28(44)20-27)19-18-41(7)30(37(36)43)12-13-33-40(6)16-15-32(26(3)29(40)14-17-42(33,41)8)51-35(48)22-39(4,5)38(49)50/h9-11,20,25-26,29-30,32-34,45,47H,12-19,21-24H2,1-8H3,(H,49,50)/t26-,29+,30-,32+,33-,34+,40+,41-,42-,43+/m1/s1. The van der Waals surface area contributed by atoms with Gasteiger partial charge in [0.2, 0.25) is 0 Å². The van der Waals surface area contributed by atoms with Gasteiger partial charge < -0.3 is 20.3 Å². The number of esters is 1. The van der Waals surface area contributed by atoms with E-state index in [2.05, 4.69) is 46.9 Å². The molecule has 51 heavy (non-hydrogen) atoms. The minimum atomic E-state index is -1.15. The van der Waals surface area contributed by atoms with Crippen molar-refractivity contribution in [1.82, 2.24) is 5.32 Å². The van der Waals surface area contributed by atoms with E-state index in [1.54, 1.807) is 13.8 Å². The van der Waals surface area contributed by atoms with E-state index >= 15 is 0 Å². The smallest absolute Gasteiger partial charge is 0.309 e. The topological polar surface area (TPSA) is 113 Å². The van der Waals surface area contributed by atoms with Gasteiger partial charge in [-0.2, -0.15) is 0 Å². The Morgan fingerprint density at radius 1 is 1.04 bits per heavy atom. The summed E-state index contributed by atoms with van der Waals surface area (Å²) in [6.45, 7) is 18.3. The normalized spacial score (nSPS) is 38.4. The third-order valence-electron chi connectivity index (χ3n) is 15.7. The average molecular weight is 724 g/mol. The van der Waals surface area contributed by atoms with Crippen LogP contribution in [-0.2, 0) is 25.7 Å². The number of hydrogen-bond acceptors (Lipinski definition) is 6. The number of aliphatic carboxylic acids is 1. The summed E-state index contributed by atoms with van der Waals surface area (Å²) in [6, 6.07) is 7.79. The number of carboxylic acid groups (broad SMARTS) is 1. The Morgan fingerprint density at radius 2 is 1.76 bits per heavy atom. The molecule has 0 radical (unpaired) electrons. The predicted octanol–water partition coefficient (Wildman–Crippen LogP) is 8.79. The van der Waals surface area contributed by atoms with Gasteiger partial charge in [-0.3, -0.25) is 14.4 Å². The zero-order chi connectivity index (χ0) is 37.3. The van der Waals surface area contributed by atoms with Gasteiger partial charge in [-0.1, -0.05) is 70.8 Å². The molecule has 0 bridgehead atoms. The van der Waals surface area contributed by atoms with Gasteiger partial charge in [0.1, 0.15) is 6.10 Å². The number of nitrogens with one attached hydrogen (secondary N) is 1. The summed E-state index contributed by atoms with van der Waals surface area (Å²) in [4.78, 5) is 38.6. The molecule has 282 valence electrons. The average Bonchev–Trinajstić information content (AvgIpc) is 3.36.